The third-order valence-electron chi connectivity index (χ3n) is 7.16. The lowest BCUT2D eigenvalue weighted by Crippen LogP contribution is -2.60. The number of hydrogen-bond donors (Lipinski definition) is 3. The van der Waals surface area contributed by atoms with Crippen molar-refractivity contribution in [2.75, 3.05) is 25.4 Å². The maximum absolute atomic E-state index is 14.5. The highest BCUT2D eigenvalue weighted by molar-refractivity contribution is 8.00. The Morgan fingerprint density at radius 3 is 2.27 bits per heavy atom. The van der Waals surface area contributed by atoms with E-state index < -0.39 is 51.9 Å². The van der Waals surface area contributed by atoms with E-state index in [2.05, 4.69) is 5.32 Å². The van der Waals surface area contributed by atoms with Gasteiger partial charge in [-0.3, -0.25) is 14.4 Å². The number of piperidine rings is 1. The second-order valence-electron chi connectivity index (χ2n) is 12.0. The molecule has 3 rings (SSSR count). The van der Waals surface area contributed by atoms with Crippen molar-refractivity contribution in [3.8, 4) is 0 Å². The molecule has 4 amide bonds. The van der Waals surface area contributed by atoms with Gasteiger partial charge in [-0.25, -0.2) is 9.18 Å². The molecule has 0 spiro atoms. The molecule has 0 aromatic heterocycles. The Hall–Kier alpha value is -2.08. The first kappa shape index (κ1) is 29.5. The van der Waals surface area contributed by atoms with Gasteiger partial charge in [0.2, 0.25) is 11.8 Å². The first-order valence-corrected chi connectivity index (χ1v) is 13.9. The summed E-state index contributed by atoms with van der Waals surface area (Å²) >= 11 is 1.49. The van der Waals surface area contributed by atoms with Crippen molar-refractivity contribution >= 4 is 35.6 Å². The second-order valence-corrected chi connectivity index (χ2v) is 13.7. The molecular formula is C25H41FN4O6S. The van der Waals surface area contributed by atoms with Crippen molar-refractivity contribution in [2.24, 2.45) is 11.7 Å². The van der Waals surface area contributed by atoms with Crippen LogP contribution in [0.5, 0.6) is 0 Å². The highest BCUT2D eigenvalue weighted by Crippen LogP contribution is 2.41. The second kappa shape index (κ2) is 11.0. The maximum atomic E-state index is 14.5. The number of aliphatic hydroxyl groups excluding tert-OH is 1. The van der Waals surface area contributed by atoms with Gasteiger partial charge in [-0.15, -0.1) is 0 Å². The summed E-state index contributed by atoms with van der Waals surface area (Å²) in [5.41, 5.74) is 2.94. The van der Waals surface area contributed by atoms with E-state index >= 15 is 0 Å². The van der Waals surface area contributed by atoms with Crippen LogP contribution in [0.4, 0.5) is 9.18 Å². The first-order chi connectivity index (χ1) is 17.0. The Kier molecular flexibility index (Phi) is 8.73. The molecule has 0 aromatic rings. The number of primary amides is 1. The fourth-order valence-corrected chi connectivity index (χ4v) is 5.97. The number of rotatable bonds is 8. The average Bonchev–Trinajstić information content (AvgIpc) is 3.42. The number of amides is 4. The number of nitrogens with zero attached hydrogens (tertiary/aromatic N) is 2. The van der Waals surface area contributed by atoms with E-state index in [4.69, 9.17) is 10.5 Å². The van der Waals surface area contributed by atoms with Crippen LogP contribution in [0, 0.1) is 5.92 Å². The summed E-state index contributed by atoms with van der Waals surface area (Å²) in [6.45, 7) is 10.1. The fraction of sp³-hybridized carbons (Fsp3) is 0.840. The van der Waals surface area contributed by atoms with Crippen LogP contribution in [-0.2, 0) is 19.1 Å². The average molecular weight is 545 g/mol. The zero-order valence-corrected chi connectivity index (χ0v) is 23.2. The van der Waals surface area contributed by atoms with E-state index in [1.54, 1.807) is 18.7 Å². The van der Waals surface area contributed by atoms with Crippen molar-refractivity contribution < 1.29 is 33.4 Å². The van der Waals surface area contributed by atoms with Crippen molar-refractivity contribution in [1.82, 2.24) is 15.1 Å². The summed E-state index contributed by atoms with van der Waals surface area (Å²) < 4.78 is 19.1. The number of β-amino-alcohol motifs (C(OH)–C–C–N with tert-alkyl or cyclic N) is 1. The number of nitrogens with two attached hydrogens (primary N) is 1. The SMILES string of the molecule is CC(C)(C)OC(=O)N1CCC(CSC(C)(C)[C@H](NC(=O)C2(F)CC2)C(=O)N2C[C@H](O)C[C@H]2C(N)=O)CC1. The van der Waals surface area contributed by atoms with Crippen LogP contribution in [0.15, 0.2) is 0 Å². The number of alkyl halides is 1. The zero-order valence-electron chi connectivity index (χ0n) is 22.4. The molecule has 37 heavy (non-hydrogen) atoms. The molecule has 1 saturated carbocycles. The lowest BCUT2D eigenvalue weighted by Gasteiger charge is -2.39. The molecule has 0 unspecified atom stereocenters. The first-order valence-electron chi connectivity index (χ1n) is 12.9. The number of carbonyl (C=O) groups is 4. The molecule has 3 fully saturated rings. The monoisotopic (exact) mass is 544 g/mol. The molecular weight excluding hydrogens is 503 g/mol. The molecule has 2 aliphatic heterocycles. The lowest BCUT2D eigenvalue weighted by atomic mass is 9.99. The summed E-state index contributed by atoms with van der Waals surface area (Å²) in [6, 6.07) is -2.10. The summed E-state index contributed by atoms with van der Waals surface area (Å²) in [7, 11) is 0. The molecule has 210 valence electrons. The molecule has 1 aliphatic carbocycles. The summed E-state index contributed by atoms with van der Waals surface area (Å²) in [5.74, 6) is -1.19. The van der Waals surface area contributed by atoms with Gasteiger partial charge in [0.25, 0.3) is 5.91 Å². The third-order valence-corrected chi connectivity index (χ3v) is 8.78. The molecule has 2 heterocycles. The summed E-state index contributed by atoms with van der Waals surface area (Å²) in [4.78, 5) is 53.4. The predicted molar refractivity (Wildman–Crippen MR) is 137 cm³/mol. The number of thioether (sulfide) groups is 1. The minimum Gasteiger partial charge on any atom is -0.444 e. The van der Waals surface area contributed by atoms with E-state index in [0.717, 1.165) is 12.8 Å². The van der Waals surface area contributed by atoms with Gasteiger partial charge in [0, 0.05) is 30.8 Å². The lowest BCUT2D eigenvalue weighted by molar-refractivity contribution is -0.142. The number of hydrogen-bond acceptors (Lipinski definition) is 7. The Morgan fingerprint density at radius 2 is 1.76 bits per heavy atom. The van der Waals surface area contributed by atoms with Crippen molar-refractivity contribution in [3.63, 3.8) is 0 Å². The van der Waals surface area contributed by atoms with E-state index in [9.17, 15) is 28.7 Å². The van der Waals surface area contributed by atoms with Crippen LogP contribution < -0.4 is 11.1 Å². The topological polar surface area (TPSA) is 142 Å². The molecule has 12 heteroatoms. The van der Waals surface area contributed by atoms with E-state index in [1.807, 2.05) is 20.8 Å². The standard InChI is InChI=1S/C25H41FN4O6S/c1-23(2,3)36-22(35)29-10-6-15(7-11-29)14-37-24(4,5)18(28-21(34)25(26)8-9-25)20(33)30-13-16(31)12-17(30)19(27)32/h15-18,31H,6-14H2,1-5H3,(H2,27,32)(H,28,34)/t16-,17+,18-/m1/s1. The molecule has 0 aromatic carbocycles. The number of halogens is 1. The van der Waals surface area contributed by atoms with E-state index in [-0.39, 0.29) is 37.8 Å². The Balaban J connectivity index is 1.65. The molecule has 3 atom stereocenters. The van der Waals surface area contributed by atoms with Crippen molar-refractivity contribution in [3.05, 3.63) is 0 Å². The van der Waals surface area contributed by atoms with Gasteiger partial charge >= 0.3 is 6.09 Å². The number of carbonyl (C=O) groups excluding carboxylic acids is 4. The fourth-order valence-electron chi connectivity index (χ4n) is 4.65. The zero-order chi connectivity index (χ0) is 27.8. The Morgan fingerprint density at radius 1 is 1.16 bits per heavy atom. The van der Waals surface area contributed by atoms with Crippen molar-refractivity contribution in [1.29, 1.82) is 0 Å². The van der Waals surface area contributed by atoms with Crippen molar-refractivity contribution in [2.45, 2.75) is 101 Å². The molecule has 2 saturated heterocycles. The number of nitrogens with one attached hydrogen (secondary N) is 1. The van der Waals surface area contributed by atoms with E-state index in [1.165, 1.54) is 16.7 Å². The summed E-state index contributed by atoms with van der Waals surface area (Å²) in [6.07, 6.45) is 0.542. The van der Waals surface area contributed by atoms with Gasteiger partial charge in [-0.2, -0.15) is 11.8 Å². The van der Waals surface area contributed by atoms with Crippen LogP contribution in [0.25, 0.3) is 0 Å². The molecule has 4 N–H and O–H groups in total. The van der Waals surface area contributed by atoms with Gasteiger partial charge in [0.1, 0.15) is 17.7 Å². The molecule has 3 aliphatic rings. The quantitative estimate of drug-likeness (QED) is 0.421. The summed E-state index contributed by atoms with van der Waals surface area (Å²) in [5, 5.41) is 12.7. The number of ether oxygens (including phenoxy) is 1. The highest BCUT2D eigenvalue weighted by atomic mass is 32.2. The number of likely N-dealkylation sites (tertiary alicyclic amines) is 2. The predicted octanol–water partition coefficient (Wildman–Crippen LogP) is 1.58. The third kappa shape index (κ3) is 7.49. The van der Waals surface area contributed by atoms with Gasteiger partial charge in [0.15, 0.2) is 5.67 Å². The maximum Gasteiger partial charge on any atom is 0.410 e. The van der Waals surface area contributed by atoms with Crippen LogP contribution in [0.3, 0.4) is 0 Å². The van der Waals surface area contributed by atoms with Gasteiger partial charge in [0.05, 0.1) is 6.10 Å². The normalized spacial score (nSPS) is 24.9. The Bertz CT molecular complexity index is 898. The van der Waals surface area contributed by atoms with Crippen LogP contribution in [0.2, 0.25) is 0 Å². The van der Waals surface area contributed by atoms with Gasteiger partial charge < -0.3 is 30.7 Å². The largest absolute Gasteiger partial charge is 0.444 e. The van der Waals surface area contributed by atoms with Crippen LogP contribution in [0.1, 0.15) is 66.7 Å². The van der Waals surface area contributed by atoms with Crippen LogP contribution >= 0.6 is 11.8 Å². The highest BCUT2D eigenvalue weighted by Gasteiger charge is 2.54. The smallest absolute Gasteiger partial charge is 0.410 e. The van der Waals surface area contributed by atoms with Gasteiger partial charge in [-0.05, 0) is 72.0 Å². The molecule has 0 bridgehead atoms. The van der Waals surface area contributed by atoms with Crippen LogP contribution in [-0.4, -0.2) is 98.3 Å². The van der Waals surface area contributed by atoms with E-state index in [0.29, 0.717) is 18.8 Å². The number of aliphatic hydroxyl groups is 1. The van der Waals surface area contributed by atoms with Gasteiger partial charge in [-0.1, -0.05) is 0 Å². The molecule has 0 radical (unpaired) electrons. The molecule has 10 nitrogen and oxygen atoms in total. The minimum atomic E-state index is -1.97. The minimum absolute atomic E-state index is 0.0264. The Labute approximate surface area is 222 Å².